The number of fused-ring (bicyclic) bond motifs is 6. The molecular formula is C38H34N4O8. The number of H-pyrrole nitrogens is 1. The van der Waals surface area contributed by atoms with E-state index < -0.39 is 39.8 Å². The van der Waals surface area contributed by atoms with Crippen LogP contribution in [0.25, 0.3) is 10.9 Å². The molecule has 0 saturated heterocycles. The first kappa shape index (κ1) is 32.5. The number of esters is 2. The first-order valence-electron chi connectivity index (χ1n) is 16.2. The van der Waals surface area contributed by atoms with Crippen molar-refractivity contribution < 1.29 is 33.5 Å². The highest BCUT2D eigenvalue weighted by atomic mass is 16.6. The Balaban J connectivity index is 1.58. The number of para-hydroxylation sites is 2. The van der Waals surface area contributed by atoms with Crippen LogP contribution in [0.15, 0.2) is 97.1 Å². The zero-order valence-electron chi connectivity index (χ0n) is 27.6. The number of methoxy groups -OCH3 is 1. The number of amides is 1. The minimum absolute atomic E-state index is 0.0912. The van der Waals surface area contributed by atoms with Gasteiger partial charge in [-0.2, -0.15) is 0 Å². The number of aromatic amines is 1. The Morgan fingerprint density at radius 3 is 2.16 bits per heavy atom. The number of nitro groups is 1. The van der Waals surface area contributed by atoms with Gasteiger partial charge in [0.2, 0.25) is 11.4 Å². The number of ether oxygens (including phenoxy) is 3. The molecule has 4 aromatic carbocycles. The summed E-state index contributed by atoms with van der Waals surface area (Å²) in [5, 5.41) is 15.5. The minimum Gasteiger partial charge on any atom is -0.497 e. The number of nitro benzene ring substituents is 1. The van der Waals surface area contributed by atoms with Gasteiger partial charge in [0.1, 0.15) is 11.2 Å². The van der Waals surface area contributed by atoms with Crippen molar-refractivity contribution in [2.24, 2.45) is 0 Å². The van der Waals surface area contributed by atoms with Gasteiger partial charge >= 0.3 is 11.9 Å². The molecule has 50 heavy (non-hydrogen) atoms. The molecule has 0 radical (unpaired) electrons. The third-order valence-electron chi connectivity index (χ3n) is 9.59. The number of carbonyl (C=O) groups excluding carboxylic acids is 3. The van der Waals surface area contributed by atoms with Crippen LogP contribution < -0.4 is 15.0 Å². The Morgan fingerprint density at radius 1 is 0.880 bits per heavy atom. The van der Waals surface area contributed by atoms with E-state index in [1.54, 1.807) is 74.4 Å². The van der Waals surface area contributed by atoms with E-state index in [-0.39, 0.29) is 25.4 Å². The Bertz CT molecular complexity index is 2120. The normalized spacial score (nSPS) is 18.8. The molecule has 2 N–H and O–H groups in total. The highest BCUT2D eigenvalue weighted by Crippen LogP contribution is 2.59. The van der Waals surface area contributed by atoms with Crippen LogP contribution in [0.5, 0.6) is 5.75 Å². The van der Waals surface area contributed by atoms with Crippen molar-refractivity contribution in [3.8, 4) is 5.75 Å². The zero-order valence-corrected chi connectivity index (χ0v) is 27.6. The van der Waals surface area contributed by atoms with Crippen molar-refractivity contribution in [1.29, 1.82) is 0 Å². The van der Waals surface area contributed by atoms with Crippen LogP contribution in [-0.4, -0.2) is 53.6 Å². The molecule has 12 heteroatoms. The number of rotatable bonds is 9. The summed E-state index contributed by atoms with van der Waals surface area (Å²) in [6.07, 6.45) is 0. The monoisotopic (exact) mass is 674 g/mol. The van der Waals surface area contributed by atoms with Gasteiger partial charge in [-0.05, 0) is 54.8 Å². The fraction of sp³-hybridized carbons (Fsp3) is 0.237. The van der Waals surface area contributed by atoms with Crippen molar-refractivity contribution in [2.75, 3.05) is 25.2 Å². The van der Waals surface area contributed by atoms with E-state index in [0.717, 1.165) is 5.56 Å². The van der Waals surface area contributed by atoms with Crippen molar-refractivity contribution in [1.82, 2.24) is 10.3 Å². The summed E-state index contributed by atoms with van der Waals surface area (Å²) in [5.41, 5.74) is -0.808. The van der Waals surface area contributed by atoms with Crippen LogP contribution in [0.4, 0.5) is 11.4 Å². The molecule has 0 unspecified atom stereocenters. The average Bonchev–Trinajstić information content (AvgIpc) is 3.63. The van der Waals surface area contributed by atoms with E-state index in [1.807, 2.05) is 36.4 Å². The topological polar surface area (TPSA) is 153 Å². The summed E-state index contributed by atoms with van der Waals surface area (Å²) in [7, 11) is 1.57. The maximum Gasteiger partial charge on any atom is 0.340 e. The molecule has 0 aliphatic carbocycles. The smallest absolute Gasteiger partial charge is 0.340 e. The van der Waals surface area contributed by atoms with E-state index in [4.69, 9.17) is 14.2 Å². The summed E-state index contributed by atoms with van der Waals surface area (Å²) in [6, 6.07) is 26.7. The summed E-state index contributed by atoms with van der Waals surface area (Å²) in [6.45, 7) is 3.18. The summed E-state index contributed by atoms with van der Waals surface area (Å²) >= 11 is 0. The molecule has 0 bridgehead atoms. The lowest BCUT2D eigenvalue weighted by Gasteiger charge is -2.49. The quantitative estimate of drug-likeness (QED) is 0.0896. The lowest BCUT2D eigenvalue weighted by molar-refractivity contribution is -0.384. The lowest BCUT2D eigenvalue weighted by atomic mass is 9.57. The molecule has 1 amide bonds. The maximum atomic E-state index is 15.7. The number of nitrogens with one attached hydrogen (secondary N) is 2. The second-order valence-electron chi connectivity index (χ2n) is 12.1. The molecule has 5 aromatic rings. The highest BCUT2D eigenvalue weighted by molar-refractivity contribution is 6.23. The van der Waals surface area contributed by atoms with Crippen LogP contribution in [0.2, 0.25) is 0 Å². The third kappa shape index (κ3) is 4.59. The molecule has 2 aliphatic heterocycles. The van der Waals surface area contributed by atoms with E-state index >= 15 is 4.79 Å². The van der Waals surface area contributed by atoms with Gasteiger partial charge in [-0.15, -0.1) is 0 Å². The van der Waals surface area contributed by atoms with Gasteiger partial charge < -0.3 is 24.1 Å². The van der Waals surface area contributed by atoms with Crippen molar-refractivity contribution >= 4 is 40.1 Å². The summed E-state index contributed by atoms with van der Waals surface area (Å²) < 4.78 is 16.8. The molecule has 2 aliphatic rings. The number of aromatic nitrogens is 1. The highest BCUT2D eigenvalue weighted by Gasteiger charge is 2.76. The van der Waals surface area contributed by atoms with Crippen LogP contribution in [-0.2, 0) is 35.8 Å². The first-order chi connectivity index (χ1) is 24.2. The molecular weight excluding hydrogens is 640 g/mol. The van der Waals surface area contributed by atoms with E-state index in [1.165, 1.54) is 12.1 Å². The summed E-state index contributed by atoms with van der Waals surface area (Å²) in [5.74, 6) is -1.86. The van der Waals surface area contributed by atoms with Gasteiger partial charge in [0.15, 0.2) is 0 Å². The Hall–Kier alpha value is -6.01. The molecule has 0 fully saturated rings. The predicted molar refractivity (Wildman–Crippen MR) is 184 cm³/mol. The molecule has 1 aromatic heterocycles. The molecule has 1 spiro atoms. The number of carbonyl (C=O) groups is 3. The fourth-order valence-electron chi connectivity index (χ4n) is 7.52. The van der Waals surface area contributed by atoms with Crippen LogP contribution in [0.1, 0.15) is 47.8 Å². The van der Waals surface area contributed by atoms with Gasteiger partial charge in [-0.3, -0.25) is 20.2 Å². The molecule has 254 valence electrons. The van der Waals surface area contributed by atoms with Crippen molar-refractivity contribution in [3.05, 3.63) is 135 Å². The SMILES string of the molecule is CCOC(=O)C1(C(=O)OCC)N[C@@H](c2ccc([N+](=O)[O-])cc2)c2[nH]c3ccccc3c2[C@]12C(=O)N(Cc1ccc(OC)cc1)c1ccccc12. The van der Waals surface area contributed by atoms with Crippen LogP contribution in [0, 0.1) is 10.1 Å². The number of nitrogens with zero attached hydrogens (tertiary/aromatic N) is 2. The first-order valence-corrected chi connectivity index (χ1v) is 16.2. The second kappa shape index (κ2) is 12.5. The lowest BCUT2D eigenvalue weighted by Crippen LogP contribution is -2.76. The molecule has 12 nitrogen and oxygen atoms in total. The molecule has 0 saturated carbocycles. The van der Waals surface area contributed by atoms with Crippen molar-refractivity contribution in [2.45, 2.75) is 37.4 Å². The van der Waals surface area contributed by atoms with Crippen LogP contribution >= 0.6 is 0 Å². The number of anilines is 1. The zero-order chi connectivity index (χ0) is 35.2. The number of hydrogen-bond donors (Lipinski definition) is 2. The predicted octanol–water partition coefficient (Wildman–Crippen LogP) is 5.48. The molecule has 7 rings (SSSR count). The minimum atomic E-state index is -2.45. The van der Waals surface area contributed by atoms with E-state index in [2.05, 4.69) is 10.3 Å². The van der Waals surface area contributed by atoms with E-state index in [9.17, 15) is 19.7 Å². The standard InChI is InChI=1S/C38H34N4O8/c1-4-49-35(44)38(36(45)50-5-2)37(28-11-7-9-13-30(28)41(34(37)43)22-23-14-20-26(48-3)21-15-23)31-27-10-6-8-12-29(27)39-33(31)32(40-38)24-16-18-25(19-17-24)42(46)47/h6-21,32,39-40H,4-5,22H2,1-3H3/t32-,37+/m0/s1. The van der Waals surface area contributed by atoms with Gasteiger partial charge in [0.05, 0.1) is 37.8 Å². The number of benzene rings is 4. The van der Waals surface area contributed by atoms with Gasteiger partial charge in [-0.1, -0.05) is 60.7 Å². The fourth-order valence-corrected chi connectivity index (χ4v) is 7.52. The molecule has 3 heterocycles. The van der Waals surface area contributed by atoms with Crippen molar-refractivity contribution in [3.63, 3.8) is 0 Å². The third-order valence-corrected chi connectivity index (χ3v) is 9.59. The Kier molecular flexibility index (Phi) is 8.11. The van der Waals surface area contributed by atoms with Crippen LogP contribution in [0.3, 0.4) is 0 Å². The van der Waals surface area contributed by atoms with Gasteiger partial charge in [-0.25, -0.2) is 9.59 Å². The Morgan fingerprint density at radius 2 is 1.52 bits per heavy atom. The second-order valence-corrected chi connectivity index (χ2v) is 12.1. The molecule has 2 atom stereocenters. The van der Waals surface area contributed by atoms with Gasteiger partial charge in [0.25, 0.3) is 5.69 Å². The van der Waals surface area contributed by atoms with Gasteiger partial charge in [0, 0.05) is 40.0 Å². The number of non-ortho nitro benzene ring substituents is 1. The largest absolute Gasteiger partial charge is 0.497 e. The average molecular weight is 675 g/mol. The van der Waals surface area contributed by atoms with E-state index in [0.29, 0.717) is 44.7 Å². The maximum absolute atomic E-state index is 15.7. The number of hydrogen-bond acceptors (Lipinski definition) is 9. The summed E-state index contributed by atoms with van der Waals surface area (Å²) in [4.78, 5) is 61.5. The Labute approximate surface area is 287 Å².